The van der Waals surface area contributed by atoms with Gasteiger partial charge < -0.3 is 10.2 Å². The van der Waals surface area contributed by atoms with Crippen molar-refractivity contribution in [3.05, 3.63) is 29.3 Å². The number of rotatable bonds is 2. The summed E-state index contributed by atoms with van der Waals surface area (Å²) in [5.41, 5.74) is -0.167. The zero-order chi connectivity index (χ0) is 14.3. The summed E-state index contributed by atoms with van der Waals surface area (Å²) in [5.74, 6) is -1.78. The summed E-state index contributed by atoms with van der Waals surface area (Å²) in [6, 6.07) is 1.83. The predicted molar refractivity (Wildman–Crippen MR) is 68.6 cm³/mol. The molecule has 2 fully saturated rings. The largest absolute Gasteiger partial charge is 0.361 e. The Balaban J connectivity index is 2.00. The molecule has 2 atom stereocenters. The zero-order valence-corrected chi connectivity index (χ0v) is 10.7. The molecule has 106 valence electrons. The van der Waals surface area contributed by atoms with Crippen molar-refractivity contribution in [3.8, 4) is 0 Å². The van der Waals surface area contributed by atoms with Crippen molar-refractivity contribution < 1.29 is 18.4 Å². The third kappa shape index (κ3) is 1.95. The van der Waals surface area contributed by atoms with Gasteiger partial charge in [0.25, 0.3) is 0 Å². The van der Waals surface area contributed by atoms with Crippen molar-refractivity contribution in [2.75, 3.05) is 18.0 Å². The van der Waals surface area contributed by atoms with Crippen molar-refractivity contribution in [2.24, 2.45) is 5.92 Å². The molecule has 0 spiro atoms. The van der Waals surface area contributed by atoms with Crippen molar-refractivity contribution >= 4 is 17.9 Å². The maximum atomic E-state index is 14.1. The third-order valence-electron chi connectivity index (χ3n) is 4.06. The number of piperidine rings is 1. The first-order chi connectivity index (χ1) is 9.61. The van der Waals surface area contributed by atoms with E-state index < -0.39 is 11.6 Å². The molecule has 0 aliphatic carbocycles. The van der Waals surface area contributed by atoms with Crippen LogP contribution in [0.25, 0.3) is 0 Å². The third-order valence-corrected chi connectivity index (χ3v) is 4.06. The van der Waals surface area contributed by atoms with Gasteiger partial charge in [-0.05, 0) is 25.0 Å². The molecule has 20 heavy (non-hydrogen) atoms. The number of amides is 1. The van der Waals surface area contributed by atoms with E-state index in [0.29, 0.717) is 25.8 Å². The van der Waals surface area contributed by atoms with E-state index >= 15 is 0 Å². The summed E-state index contributed by atoms with van der Waals surface area (Å²) >= 11 is 0. The van der Waals surface area contributed by atoms with Crippen LogP contribution in [0, 0.1) is 17.6 Å². The van der Waals surface area contributed by atoms with Crippen LogP contribution < -0.4 is 10.2 Å². The van der Waals surface area contributed by atoms with Crippen LogP contribution in [-0.4, -0.2) is 31.3 Å². The van der Waals surface area contributed by atoms with Gasteiger partial charge in [0, 0.05) is 18.7 Å². The van der Waals surface area contributed by atoms with Crippen molar-refractivity contribution in [2.45, 2.75) is 18.9 Å². The van der Waals surface area contributed by atoms with Gasteiger partial charge in [0.1, 0.15) is 23.6 Å². The number of nitrogens with one attached hydrogen (secondary N) is 1. The Bertz CT molecular complexity index is 553. The van der Waals surface area contributed by atoms with Gasteiger partial charge in [-0.3, -0.25) is 9.59 Å². The first-order valence-corrected chi connectivity index (χ1v) is 6.60. The maximum Gasteiger partial charge on any atom is 0.225 e. The number of hydrogen-bond acceptors (Lipinski definition) is 3. The zero-order valence-electron chi connectivity index (χ0n) is 10.7. The highest BCUT2D eigenvalue weighted by Crippen LogP contribution is 2.34. The fraction of sp³-hybridized carbons (Fsp3) is 0.429. The van der Waals surface area contributed by atoms with Crippen molar-refractivity contribution in [1.82, 2.24) is 5.32 Å². The highest BCUT2D eigenvalue weighted by atomic mass is 19.1. The monoisotopic (exact) mass is 280 g/mol. The molecule has 2 unspecified atom stereocenters. The summed E-state index contributed by atoms with van der Waals surface area (Å²) < 4.78 is 28.2. The van der Waals surface area contributed by atoms with Crippen molar-refractivity contribution in [3.63, 3.8) is 0 Å². The Morgan fingerprint density at radius 2 is 2.00 bits per heavy atom. The van der Waals surface area contributed by atoms with E-state index in [9.17, 15) is 18.4 Å². The molecule has 2 saturated heterocycles. The minimum atomic E-state index is -0.757. The Hall–Kier alpha value is -1.98. The summed E-state index contributed by atoms with van der Waals surface area (Å²) in [5, 5.41) is 2.74. The van der Waals surface area contributed by atoms with Crippen molar-refractivity contribution in [1.29, 1.82) is 0 Å². The first-order valence-electron chi connectivity index (χ1n) is 6.60. The number of carbonyl (C=O) groups is 2. The normalized spacial score (nSPS) is 25.3. The highest BCUT2D eigenvalue weighted by molar-refractivity contribution is 5.83. The second-order valence-electron chi connectivity index (χ2n) is 5.21. The van der Waals surface area contributed by atoms with Crippen LogP contribution in [0.5, 0.6) is 0 Å². The standard InChI is InChI=1S/C14H14F2N2O2/c15-10-4-8(7-19)5-11(16)13(10)18-3-1-2-9-12(18)6-17-14(9)20/h4-5,7,9,12H,1-3,6H2,(H,17,20). The van der Waals surface area contributed by atoms with Gasteiger partial charge in [-0.25, -0.2) is 8.78 Å². The fourth-order valence-corrected chi connectivity index (χ4v) is 3.16. The lowest BCUT2D eigenvalue weighted by atomic mass is 9.91. The topological polar surface area (TPSA) is 49.4 Å². The number of fused-ring (bicyclic) bond motifs is 1. The van der Waals surface area contributed by atoms with Crippen LogP contribution in [0.3, 0.4) is 0 Å². The lowest BCUT2D eigenvalue weighted by Crippen LogP contribution is -2.46. The van der Waals surface area contributed by atoms with E-state index in [2.05, 4.69) is 5.32 Å². The van der Waals surface area contributed by atoms with Gasteiger partial charge in [0.05, 0.1) is 12.0 Å². The van der Waals surface area contributed by atoms with Crippen LogP contribution in [-0.2, 0) is 4.79 Å². The number of anilines is 1. The minimum absolute atomic E-state index is 0.0297. The van der Waals surface area contributed by atoms with Gasteiger partial charge in [0.2, 0.25) is 5.91 Å². The van der Waals surface area contributed by atoms with E-state index in [4.69, 9.17) is 0 Å². The summed E-state index contributed by atoms with van der Waals surface area (Å²) in [4.78, 5) is 23.9. The van der Waals surface area contributed by atoms with Gasteiger partial charge in [-0.1, -0.05) is 0 Å². The second kappa shape index (κ2) is 4.85. The van der Waals surface area contributed by atoms with Gasteiger partial charge in [-0.15, -0.1) is 0 Å². The number of hydrogen-bond donors (Lipinski definition) is 1. The number of carbonyl (C=O) groups excluding carboxylic acids is 2. The molecule has 0 saturated carbocycles. The molecule has 4 nitrogen and oxygen atoms in total. The molecular formula is C14H14F2N2O2. The fourth-order valence-electron chi connectivity index (χ4n) is 3.16. The Morgan fingerprint density at radius 1 is 1.30 bits per heavy atom. The van der Waals surface area contributed by atoms with Gasteiger partial charge in [0.15, 0.2) is 0 Å². The Morgan fingerprint density at radius 3 is 2.65 bits per heavy atom. The lowest BCUT2D eigenvalue weighted by molar-refractivity contribution is -0.123. The number of aldehydes is 1. The molecule has 1 amide bonds. The van der Waals surface area contributed by atoms with Crippen LogP contribution in [0.4, 0.5) is 14.5 Å². The molecule has 1 aromatic carbocycles. The van der Waals surface area contributed by atoms with Crippen LogP contribution >= 0.6 is 0 Å². The predicted octanol–water partition coefficient (Wildman–Crippen LogP) is 1.49. The highest BCUT2D eigenvalue weighted by Gasteiger charge is 2.42. The van der Waals surface area contributed by atoms with Crippen LogP contribution in [0.2, 0.25) is 0 Å². The molecule has 0 aromatic heterocycles. The molecule has 6 heteroatoms. The van der Waals surface area contributed by atoms with E-state index in [1.165, 1.54) is 0 Å². The average molecular weight is 280 g/mol. The van der Waals surface area contributed by atoms with E-state index in [-0.39, 0.29) is 29.1 Å². The molecule has 2 aliphatic heterocycles. The summed E-state index contributed by atoms with van der Waals surface area (Å²) in [6.45, 7) is 0.905. The minimum Gasteiger partial charge on any atom is -0.361 e. The first kappa shape index (κ1) is 13.0. The summed E-state index contributed by atoms with van der Waals surface area (Å²) in [6.07, 6.45) is 1.86. The molecule has 3 rings (SSSR count). The van der Waals surface area contributed by atoms with E-state index in [1.807, 2.05) is 0 Å². The summed E-state index contributed by atoms with van der Waals surface area (Å²) in [7, 11) is 0. The number of nitrogens with zero attached hydrogens (tertiary/aromatic N) is 1. The molecule has 1 N–H and O–H groups in total. The average Bonchev–Trinajstić information content (AvgIpc) is 2.81. The Labute approximate surface area is 114 Å². The molecular weight excluding hydrogens is 266 g/mol. The quantitative estimate of drug-likeness (QED) is 0.835. The number of halogens is 2. The molecule has 2 aliphatic rings. The Kier molecular flexibility index (Phi) is 3.16. The van der Waals surface area contributed by atoms with Gasteiger partial charge in [-0.2, -0.15) is 0 Å². The molecule has 2 heterocycles. The molecule has 1 aromatic rings. The SMILES string of the molecule is O=Cc1cc(F)c(N2CCCC3C(=O)NCC32)c(F)c1. The van der Waals surface area contributed by atoms with E-state index in [1.54, 1.807) is 4.90 Å². The second-order valence-corrected chi connectivity index (χ2v) is 5.21. The van der Waals surface area contributed by atoms with E-state index in [0.717, 1.165) is 18.6 Å². The van der Waals surface area contributed by atoms with Gasteiger partial charge >= 0.3 is 0 Å². The smallest absolute Gasteiger partial charge is 0.225 e. The lowest BCUT2D eigenvalue weighted by Gasteiger charge is -2.38. The molecule has 0 radical (unpaired) electrons. The van der Waals surface area contributed by atoms with Crippen LogP contribution in [0.15, 0.2) is 12.1 Å². The number of benzene rings is 1. The molecule has 0 bridgehead atoms. The van der Waals surface area contributed by atoms with Crippen LogP contribution in [0.1, 0.15) is 23.2 Å². The maximum absolute atomic E-state index is 14.1.